The topological polar surface area (TPSA) is 84.2 Å². The van der Waals surface area contributed by atoms with E-state index in [1.165, 1.54) is 6.20 Å². The van der Waals surface area contributed by atoms with Gasteiger partial charge in [-0.25, -0.2) is 9.97 Å². The van der Waals surface area contributed by atoms with Crippen molar-refractivity contribution in [3.05, 3.63) is 29.9 Å². The summed E-state index contributed by atoms with van der Waals surface area (Å²) in [5, 5.41) is 6.30. The minimum atomic E-state index is -0.362. The van der Waals surface area contributed by atoms with E-state index < -0.39 is 0 Å². The van der Waals surface area contributed by atoms with Crippen molar-refractivity contribution in [2.45, 2.75) is 26.7 Å². The summed E-state index contributed by atoms with van der Waals surface area (Å²) in [5.41, 5.74) is 0.239. The summed E-state index contributed by atoms with van der Waals surface area (Å²) in [6, 6.07) is 1.64. The number of carbonyl (C=O) groups is 1. The standard InChI is InChI=1S/C14H19N5O2/c1-4-5-6-19(3)13-9-15-11(8-16-13)14(20)17-12-7-10(2)21-18-12/h7-9H,4-6H2,1-3H3,(H,17,18,20). The summed E-state index contributed by atoms with van der Waals surface area (Å²) in [6.07, 6.45) is 5.26. The molecule has 0 saturated heterocycles. The van der Waals surface area contributed by atoms with Crippen molar-refractivity contribution in [1.82, 2.24) is 15.1 Å². The molecule has 112 valence electrons. The third-order valence-electron chi connectivity index (χ3n) is 2.98. The first-order chi connectivity index (χ1) is 10.1. The Balaban J connectivity index is 1.99. The Morgan fingerprint density at radius 2 is 2.19 bits per heavy atom. The lowest BCUT2D eigenvalue weighted by Crippen LogP contribution is -2.21. The molecule has 1 N–H and O–H groups in total. The SMILES string of the molecule is CCCCN(C)c1cnc(C(=O)Nc2cc(C)on2)cn1. The first kappa shape index (κ1) is 15.0. The Labute approximate surface area is 123 Å². The van der Waals surface area contributed by atoms with E-state index >= 15 is 0 Å². The molecule has 2 aromatic rings. The van der Waals surface area contributed by atoms with Crippen LogP contribution in [0.15, 0.2) is 23.0 Å². The molecule has 21 heavy (non-hydrogen) atoms. The Hall–Kier alpha value is -2.44. The molecule has 0 unspecified atom stereocenters. The summed E-state index contributed by atoms with van der Waals surface area (Å²) in [7, 11) is 1.96. The van der Waals surface area contributed by atoms with Gasteiger partial charge in [-0.3, -0.25) is 4.79 Å². The van der Waals surface area contributed by atoms with Crippen molar-refractivity contribution in [3.8, 4) is 0 Å². The second-order valence-electron chi connectivity index (χ2n) is 4.81. The van der Waals surface area contributed by atoms with E-state index in [4.69, 9.17) is 4.52 Å². The Morgan fingerprint density at radius 3 is 2.76 bits per heavy atom. The van der Waals surface area contributed by atoms with Gasteiger partial charge < -0.3 is 14.7 Å². The molecule has 7 nitrogen and oxygen atoms in total. The van der Waals surface area contributed by atoms with Gasteiger partial charge in [-0.05, 0) is 13.3 Å². The van der Waals surface area contributed by atoms with Gasteiger partial charge in [0.1, 0.15) is 17.3 Å². The fourth-order valence-electron chi connectivity index (χ4n) is 1.75. The first-order valence-electron chi connectivity index (χ1n) is 6.88. The number of rotatable bonds is 6. The van der Waals surface area contributed by atoms with Crippen molar-refractivity contribution >= 4 is 17.5 Å². The van der Waals surface area contributed by atoms with E-state index in [0.717, 1.165) is 25.2 Å². The summed E-state index contributed by atoms with van der Waals surface area (Å²) in [5.74, 6) is 1.38. The number of amides is 1. The zero-order valence-electron chi connectivity index (χ0n) is 12.5. The summed E-state index contributed by atoms with van der Waals surface area (Å²) in [6.45, 7) is 4.80. The molecule has 0 bridgehead atoms. The highest BCUT2D eigenvalue weighted by molar-refractivity contribution is 6.02. The van der Waals surface area contributed by atoms with E-state index in [9.17, 15) is 4.79 Å². The molecule has 0 aliphatic carbocycles. The molecule has 0 fully saturated rings. The Morgan fingerprint density at radius 1 is 1.38 bits per heavy atom. The van der Waals surface area contributed by atoms with Crippen molar-refractivity contribution in [2.24, 2.45) is 0 Å². The van der Waals surface area contributed by atoms with Crippen LogP contribution in [0.1, 0.15) is 36.0 Å². The highest BCUT2D eigenvalue weighted by Crippen LogP contribution is 2.11. The van der Waals surface area contributed by atoms with E-state index in [1.54, 1.807) is 19.2 Å². The fraction of sp³-hybridized carbons (Fsp3) is 0.429. The van der Waals surface area contributed by atoms with E-state index in [1.807, 2.05) is 11.9 Å². The van der Waals surface area contributed by atoms with E-state index in [0.29, 0.717) is 11.6 Å². The van der Waals surface area contributed by atoms with Crippen LogP contribution in [0.5, 0.6) is 0 Å². The van der Waals surface area contributed by atoms with Gasteiger partial charge in [-0.2, -0.15) is 0 Å². The molecule has 0 aliphatic heterocycles. The maximum atomic E-state index is 12.0. The van der Waals surface area contributed by atoms with Crippen LogP contribution in [0.25, 0.3) is 0 Å². The number of nitrogens with zero attached hydrogens (tertiary/aromatic N) is 4. The molecular weight excluding hydrogens is 270 g/mol. The number of nitrogens with one attached hydrogen (secondary N) is 1. The van der Waals surface area contributed by atoms with E-state index in [-0.39, 0.29) is 11.6 Å². The number of unbranched alkanes of at least 4 members (excludes halogenated alkanes) is 1. The predicted molar refractivity (Wildman–Crippen MR) is 79.4 cm³/mol. The van der Waals surface area contributed by atoms with Crippen LogP contribution in [0, 0.1) is 6.92 Å². The third-order valence-corrected chi connectivity index (χ3v) is 2.98. The van der Waals surface area contributed by atoms with Crippen LogP contribution >= 0.6 is 0 Å². The number of hydrogen-bond acceptors (Lipinski definition) is 6. The van der Waals surface area contributed by atoms with Crippen LogP contribution in [-0.2, 0) is 0 Å². The molecule has 2 rings (SSSR count). The van der Waals surface area contributed by atoms with Crippen molar-refractivity contribution in [3.63, 3.8) is 0 Å². The molecular formula is C14H19N5O2. The highest BCUT2D eigenvalue weighted by atomic mass is 16.5. The molecule has 0 aromatic carbocycles. The van der Waals surface area contributed by atoms with Gasteiger partial charge in [0.05, 0.1) is 12.4 Å². The van der Waals surface area contributed by atoms with Crippen molar-refractivity contribution < 1.29 is 9.32 Å². The quantitative estimate of drug-likeness (QED) is 0.878. The molecule has 0 atom stereocenters. The van der Waals surface area contributed by atoms with E-state index in [2.05, 4.69) is 27.4 Å². The smallest absolute Gasteiger partial charge is 0.277 e. The normalized spacial score (nSPS) is 10.4. The third kappa shape index (κ3) is 4.01. The minimum Gasteiger partial charge on any atom is -0.360 e. The molecule has 7 heteroatoms. The van der Waals surface area contributed by atoms with Gasteiger partial charge >= 0.3 is 0 Å². The molecule has 2 heterocycles. The lowest BCUT2D eigenvalue weighted by atomic mass is 10.3. The van der Waals surface area contributed by atoms with Crippen molar-refractivity contribution in [2.75, 3.05) is 23.8 Å². The largest absolute Gasteiger partial charge is 0.360 e. The summed E-state index contributed by atoms with van der Waals surface area (Å²) >= 11 is 0. The van der Waals surface area contributed by atoms with Crippen LogP contribution in [0.3, 0.4) is 0 Å². The van der Waals surface area contributed by atoms with Gasteiger partial charge in [0.2, 0.25) is 0 Å². The van der Waals surface area contributed by atoms with Crippen LogP contribution < -0.4 is 10.2 Å². The number of anilines is 2. The lowest BCUT2D eigenvalue weighted by Gasteiger charge is -2.17. The number of aromatic nitrogens is 3. The molecule has 2 aromatic heterocycles. The number of aryl methyl sites for hydroxylation is 1. The molecule has 1 amide bonds. The minimum absolute atomic E-state index is 0.239. The lowest BCUT2D eigenvalue weighted by molar-refractivity contribution is 0.102. The number of carbonyl (C=O) groups excluding carboxylic acids is 1. The van der Waals surface area contributed by atoms with Gasteiger partial charge in [-0.15, -0.1) is 0 Å². The zero-order chi connectivity index (χ0) is 15.2. The first-order valence-corrected chi connectivity index (χ1v) is 6.88. The average Bonchev–Trinajstić information content (AvgIpc) is 2.90. The predicted octanol–water partition coefficient (Wildman–Crippen LogP) is 2.26. The van der Waals surface area contributed by atoms with Crippen LogP contribution in [-0.4, -0.2) is 34.6 Å². The maximum absolute atomic E-state index is 12.0. The van der Waals surface area contributed by atoms with Gasteiger partial charge in [0, 0.05) is 19.7 Å². The van der Waals surface area contributed by atoms with Crippen molar-refractivity contribution in [1.29, 1.82) is 0 Å². The Bertz CT molecular complexity index is 594. The monoisotopic (exact) mass is 289 g/mol. The van der Waals surface area contributed by atoms with Gasteiger partial charge in [-0.1, -0.05) is 18.5 Å². The molecule has 0 aliphatic rings. The van der Waals surface area contributed by atoms with Gasteiger partial charge in [0.15, 0.2) is 5.82 Å². The second kappa shape index (κ2) is 6.83. The molecule has 0 radical (unpaired) electrons. The second-order valence-corrected chi connectivity index (χ2v) is 4.81. The fourth-order valence-corrected chi connectivity index (χ4v) is 1.75. The zero-order valence-corrected chi connectivity index (χ0v) is 12.5. The summed E-state index contributed by atoms with van der Waals surface area (Å²) in [4.78, 5) is 22.4. The van der Waals surface area contributed by atoms with Crippen LogP contribution in [0.2, 0.25) is 0 Å². The number of hydrogen-bond donors (Lipinski definition) is 1. The van der Waals surface area contributed by atoms with Crippen LogP contribution in [0.4, 0.5) is 11.6 Å². The Kier molecular flexibility index (Phi) is 4.86. The molecule has 0 saturated carbocycles. The molecule has 0 spiro atoms. The average molecular weight is 289 g/mol. The highest BCUT2D eigenvalue weighted by Gasteiger charge is 2.11. The summed E-state index contributed by atoms with van der Waals surface area (Å²) < 4.78 is 4.88. The maximum Gasteiger partial charge on any atom is 0.277 e. The van der Waals surface area contributed by atoms with Gasteiger partial charge in [0.25, 0.3) is 5.91 Å².